The molecule has 0 bridgehead atoms. The highest BCUT2D eigenvalue weighted by Crippen LogP contribution is 2.47. The fraction of sp³-hybridized carbons (Fsp3) is 0. The second kappa shape index (κ2) is 11.9. The smallest absolute Gasteiger partial charge is 0.161 e. The van der Waals surface area contributed by atoms with Crippen molar-refractivity contribution in [2.45, 2.75) is 0 Å². The van der Waals surface area contributed by atoms with Gasteiger partial charge in [-0.25, -0.2) is 9.97 Å². The molecular formula is C48H29N3OS. The molecule has 5 heteroatoms. The fourth-order valence-corrected chi connectivity index (χ4v) is 8.93. The molecule has 0 radical (unpaired) electrons. The van der Waals surface area contributed by atoms with Gasteiger partial charge in [-0.1, -0.05) is 121 Å². The maximum atomic E-state index is 6.90. The van der Waals surface area contributed by atoms with Crippen molar-refractivity contribution in [2.24, 2.45) is 0 Å². The van der Waals surface area contributed by atoms with Gasteiger partial charge in [0, 0.05) is 58.8 Å². The summed E-state index contributed by atoms with van der Waals surface area (Å²) in [5, 5.41) is 7.95. The largest absolute Gasteiger partial charge is 0.454 e. The van der Waals surface area contributed by atoms with Crippen LogP contribution in [0.1, 0.15) is 0 Å². The fourth-order valence-electron chi connectivity index (χ4n) is 7.79. The van der Waals surface area contributed by atoms with E-state index >= 15 is 0 Å². The minimum Gasteiger partial charge on any atom is -0.454 e. The van der Waals surface area contributed by atoms with Gasteiger partial charge in [-0.2, -0.15) is 0 Å². The van der Waals surface area contributed by atoms with Gasteiger partial charge in [-0.15, -0.1) is 11.3 Å². The molecule has 11 rings (SSSR count). The minimum atomic E-state index is 0.662. The van der Waals surface area contributed by atoms with Gasteiger partial charge < -0.3 is 9.32 Å². The van der Waals surface area contributed by atoms with Crippen molar-refractivity contribution in [1.82, 2.24) is 9.97 Å². The normalized spacial score (nSPS) is 11.8. The first-order valence-electron chi connectivity index (χ1n) is 17.7. The zero-order chi connectivity index (χ0) is 34.9. The average Bonchev–Trinajstić information content (AvgIpc) is 3.80. The third kappa shape index (κ3) is 4.82. The van der Waals surface area contributed by atoms with Gasteiger partial charge in [0.2, 0.25) is 0 Å². The van der Waals surface area contributed by atoms with Gasteiger partial charge in [0.15, 0.2) is 11.4 Å². The number of aromatic nitrogens is 2. The SMILES string of the molecule is c1ccc(-c2nc(-c3ccc(N(c4ccc5ccccc5c4)c4ccc5c(c4)sc4ccccc45)c4oc5ccccc5c34)nc3ccccc23)cc1. The van der Waals surface area contributed by atoms with Gasteiger partial charge in [-0.05, 0) is 65.4 Å². The molecule has 0 aliphatic rings. The maximum Gasteiger partial charge on any atom is 0.161 e. The molecule has 8 aromatic carbocycles. The van der Waals surface area contributed by atoms with Crippen LogP contribution in [0.2, 0.25) is 0 Å². The highest BCUT2D eigenvalue weighted by atomic mass is 32.1. The molecule has 4 nitrogen and oxygen atoms in total. The summed E-state index contributed by atoms with van der Waals surface area (Å²) in [5.74, 6) is 0.662. The molecule has 0 atom stereocenters. The second-order valence-electron chi connectivity index (χ2n) is 13.4. The number of para-hydroxylation sites is 2. The van der Waals surface area contributed by atoms with E-state index in [0.29, 0.717) is 5.82 Å². The van der Waals surface area contributed by atoms with Crippen LogP contribution < -0.4 is 4.90 Å². The van der Waals surface area contributed by atoms with Gasteiger partial charge in [0.05, 0.1) is 16.9 Å². The highest BCUT2D eigenvalue weighted by molar-refractivity contribution is 7.25. The number of hydrogen-bond donors (Lipinski definition) is 0. The Labute approximate surface area is 308 Å². The molecule has 0 saturated carbocycles. The molecule has 3 aromatic heterocycles. The van der Waals surface area contributed by atoms with Crippen LogP contribution in [0.3, 0.4) is 0 Å². The summed E-state index contributed by atoms with van der Waals surface area (Å²) in [4.78, 5) is 12.8. The van der Waals surface area contributed by atoms with Gasteiger partial charge in [-0.3, -0.25) is 0 Å². The lowest BCUT2D eigenvalue weighted by Crippen LogP contribution is -2.10. The summed E-state index contributed by atoms with van der Waals surface area (Å²) in [6.07, 6.45) is 0. The second-order valence-corrected chi connectivity index (χ2v) is 14.4. The predicted octanol–water partition coefficient (Wildman–Crippen LogP) is 13.9. The average molecular weight is 696 g/mol. The summed E-state index contributed by atoms with van der Waals surface area (Å²) >= 11 is 1.83. The first-order chi connectivity index (χ1) is 26.3. The number of rotatable bonds is 5. The number of thiophene rings is 1. The summed E-state index contributed by atoms with van der Waals surface area (Å²) < 4.78 is 9.42. The van der Waals surface area contributed by atoms with E-state index in [-0.39, 0.29) is 0 Å². The number of nitrogens with zero attached hydrogens (tertiary/aromatic N) is 3. The number of anilines is 3. The van der Waals surface area contributed by atoms with Gasteiger partial charge in [0.1, 0.15) is 5.58 Å². The molecule has 248 valence electrons. The Morgan fingerprint density at radius 1 is 0.491 bits per heavy atom. The molecular weight excluding hydrogens is 667 g/mol. The molecule has 53 heavy (non-hydrogen) atoms. The standard InChI is InChI=1S/C48H29N3OS/c1-2-13-31(14-3-1)46-37-17-6-9-19-40(37)49-48(50-46)39-26-27-41(47-45(39)38-18-7-10-20-42(38)52-47)51(33-23-22-30-12-4-5-15-32(30)28-33)34-24-25-36-35-16-8-11-21-43(35)53-44(36)29-34/h1-29H. The predicted molar refractivity (Wildman–Crippen MR) is 223 cm³/mol. The van der Waals surface area contributed by atoms with E-state index in [2.05, 4.69) is 150 Å². The van der Waals surface area contributed by atoms with E-state index in [9.17, 15) is 0 Å². The Hall–Kier alpha value is -6.82. The summed E-state index contributed by atoms with van der Waals surface area (Å²) in [7, 11) is 0. The van der Waals surface area contributed by atoms with Crippen molar-refractivity contribution < 1.29 is 4.42 Å². The minimum absolute atomic E-state index is 0.662. The summed E-state index contributed by atoms with van der Waals surface area (Å²) in [6.45, 7) is 0. The lowest BCUT2D eigenvalue weighted by Gasteiger charge is -2.26. The Morgan fingerprint density at radius 3 is 2.09 bits per heavy atom. The summed E-state index contributed by atoms with van der Waals surface area (Å²) in [6, 6.07) is 61.9. The van der Waals surface area contributed by atoms with E-state index in [1.54, 1.807) is 0 Å². The van der Waals surface area contributed by atoms with Crippen molar-refractivity contribution in [3.63, 3.8) is 0 Å². The van der Waals surface area contributed by atoms with Crippen molar-refractivity contribution >= 4 is 92.2 Å². The summed E-state index contributed by atoms with van der Waals surface area (Å²) in [5.41, 5.74) is 8.44. The lowest BCUT2D eigenvalue weighted by atomic mass is 10.0. The van der Waals surface area contributed by atoms with Crippen LogP contribution >= 0.6 is 11.3 Å². The molecule has 0 aliphatic carbocycles. The quantitative estimate of drug-likeness (QED) is 0.180. The maximum absolute atomic E-state index is 6.90. The Morgan fingerprint density at radius 2 is 1.19 bits per heavy atom. The topological polar surface area (TPSA) is 42.2 Å². The highest BCUT2D eigenvalue weighted by Gasteiger charge is 2.24. The van der Waals surface area contributed by atoms with Crippen LogP contribution in [-0.2, 0) is 0 Å². The number of hydrogen-bond acceptors (Lipinski definition) is 5. The van der Waals surface area contributed by atoms with E-state index in [1.807, 2.05) is 41.7 Å². The van der Waals surface area contributed by atoms with E-state index in [0.717, 1.165) is 66.7 Å². The molecule has 0 spiro atoms. The van der Waals surface area contributed by atoms with E-state index in [4.69, 9.17) is 14.4 Å². The van der Waals surface area contributed by atoms with Crippen LogP contribution in [0.25, 0.3) is 86.4 Å². The molecule has 0 saturated heterocycles. The van der Waals surface area contributed by atoms with Gasteiger partial charge in [0.25, 0.3) is 0 Å². The molecule has 0 amide bonds. The van der Waals surface area contributed by atoms with Crippen LogP contribution in [0, 0.1) is 0 Å². The van der Waals surface area contributed by atoms with Gasteiger partial charge >= 0.3 is 0 Å². The number of furan rings is 1. The van der Waals surface area contributed by atoms with Crippen LogP contribution in [0.5, 0.6) is 0 Å². The monoisotopic (exact) mass is 695 g/mol. The Bertz CT molecular complexity index is 3200. The zero-order valence-corrected chi connectivity index (χ0v) is 29.2. The Balaban J connectivity index is 1.19. The van der Waals surface area contributed by atoms with Crippen LogP contribution in [0.15, 0.2) is 180 Å². The lowest BCUT2D eigenvalue weighted by molar-refractivity contribution is 0.669. The van der Waals surface area contributed by atoms with Crippen molar-refractivity contribution in [2.75, 3.05) is 4.90 Å². The molecule has 3 heterocycles. The van der Waals surface area contributed by atoms with E-state index in [1.165, 1.54) is 30.9 Å². The third-order valence-electron chi connectivity index (χ3n) is 10.2. The molecule has 11 aromatic rings. The third-order valence-corrected chi connectivity index (χ3v) is 11.4. The van der Waals surface area contributed by atoms with Crippen LogP contribution in [-0.4, -0.2) is 9.97 Å². The van der Waals surface area contributed by atoms with Crippen molar-refractivity contribution in [3.8, 4) is 22.6 Å². The molecule has 0 N–H and O–H groups in total. The zero-order valence-electron chi connectivity index (χ0n) is 28.4. The van der Waals surface area contributed by atoms with Crippen molar-refractivity contribution in [3.05, 3.63) is 176 Å². The van der Waals surface area contributed by atoms with Crippen LogP contribution in [0.4, 0.5) is 17.1 Å². The Kier molecular flexibility index (Phi) is 6.69. The number of benzene rings is 8. The first kappa shape index (κ1) is 29.9. The van der Waals surface area contributed by atoms with E-state index < -0.39 is 0 Å². The molecule has 0 aliphatic heterocycles. The number of fused-ring (bicyclic) bond motifs is 8. The molecule has 0 unspecified atom stereocenters. The van der Waals surface area contributed by atoms with Crippen molar-refractivity contribution in [1.29, 1.82) is 0 Å². The molecule has 0 fully saturated rings. The first-order valence-corrected chi connectivity index (χ1v) is 18.6.